The summed E-state index contributed by atoms with van der Waals surface area (Å²) in [4.78, 5) is 4.70. The van der Waals surface area contributed by atoms with Crippen LogP contribution in [0, 0.1) is 0 Å². The van der Waals surface area contributed by atoms with E-state index < -0.39 is 0 Å². The molecule has 3 aromatic carbocycles. The van der Waals surface area contributed by atoms with E-state index >= 15 is 0 Å². The SMILES string of the molecule is CCCn1c2ccccc2c2cc(/C=C/c3nc4ccccc4s3)ccc21. The van der Waals surface area contributed by atoms with Gasteiger partial charge in [-0.05, 0) is 48.4 Å². The minimum atomic E-state index is 1.05. The second-order valence-electron chi connectivity index (χ2n) is 6.80. The van der Waals surface area contributed by atoms with E-state index in [0.29, 0.717) is 0 Å². The molecule has 0 aliphatic rings. The molecule has 0 saturated heterocycles. The Morgan fingerprint density at radius 2 is 1.70 bits per heavy atom. The molecule has 0 fully saturated rings. The van der Waals surface area contributed by atoms with Gasteiger partial charge in [-0.15, -0.1) is 11.3 Å². The molecule has 0 atom stereocenters. The van der Waals surface area contributed by atoms with Gasteiger partial charge in [-0.25, -0.2) is 4.98 Å². The van der Waals surface area contributed by atoms with Crippen molar-refractivity contribution in [1.82, 2.24) is 9.55 Å². The molecule has 2 nitrogen and oxygen atoms in total. The summed E-state index contributed by atoms with van der Waals surface area (Å²) in [7, 11) is 0. The van der Waals surface area contributed by atoms with E-state index in [4.69, 9.17) is 4.98 Å². The summed E-state index contributed by atoms with van der Waals surface area (Å²) in [5.41, 5.74) is 4.92. The van der Waals surface area contributed by atoms with Crippen LogP contribution in [-0.2, 0) is 6.54 Å². The smallest absolute Gasteiger partial charge is 0.117 e. The molecule has 0 unspecified atom stereocenters. The van der Waals surface area contributed by atoms with Crippen LogP contribution in [0.25, 0.3) is 44.2 Å². The third kappa shape index (κ3) is 2.84. The number of hydrogen-bond donors (Lipinski definition) is 0. The predicted octanol–water partition coefficient (Wildman–Crippen LogP) is 6.98. The lowest BCUT2D eigenvalue weighted by Crippen LogP contribution is -1.95. The molecular formula is C24H20N2S. The monoisotopic (exact) mass is 368 g/mol. The number of nitrogens with zero attached hydrogens (tertiary/aromatic N) is 2. The zero-order chi connectivity index (χ0) is 18.2. The van der Waals surface area contributed by atoms with Crippen LogP contribution in [-0.4, -0.2) is 9.55 Å². The van der Waals surface area contributed by atoms with Crippen LogP contribution in [0.5, 0.6) is 0 Å². The lowest BCUT2D eigenvalue weighted by Gasteiger charge is -2.05. The van der Waals surface area contributed by atoms with Crippen molar-refractivity contribution in [3.63, 3.8) is 0 Å². The van der Waals surface area contributed by atoms with Gasteiger partial charge in [-0.2, -0.15) is 0 Å². The number of benzene rings is 3. The average Bonchev–Trinajstić information content (AvgIpc) is 3.26. The molecule has 0 radical (unpaired) electrons. The van der Waals surface area contributed by atoms with Gasteiger partial charge in [-0.1, -0.05) is 49.4 Å². The summed E-state index contributed by atoms with van der Waals surface area (Å²) in [6.07, 6.45) is 5.42. The first-order valence-corrected chi connectivity index (χ1v) is 10.2. The molecule has 0 aliphatic carbocycles. The summed E-state index contributed by atoms with van der Waals surface area (Å²) in [5, 5.41) is 3.70. The molecule has 5 aromatic rings. The third-order valence-electron chi connectivity index (χ3n) is 4.97. The molecular weight excluding hydrogens is 348 g/mol. The van der Waals surface area contributed by atoms with Crippen LogP contribution in [0.15, 0.2) is 66.7 Å². The summed E-state index contributed by atoms with van der Waals surface area (Å²) in [5.74, 6) is 0. The highest BCUT2D eigenvalue weighted by Crippen LogP contribution is 2.31. The predicted molar refractivity (Wildman–Crippen MR) is 118 cm³/mol. The fourth-order valence-electron chi connectivity index (χ4n) is 3.77. The van der Waals surface area contributed by atoms with Gasteiger partial charge in [0.25, 0.3) is 0 Å². The van der Waals surface area contributed by atoms with E-state index in [1.54, 1.807) is 11.3 Å². The highest BCUT2D eigenvalue weighted by Gasteiger charge is 2.09. The Kier molecular flexibility index (Phi) is 4.02. The highest BCUT2D eigenvalue weighted by molar-refractivity contribution is 7.19. The third-order valence-corrected chi connectivity index (χ3v) is 5.97. The van der Waals surface area contributed by atoms with Gasteiger partial charge < -0.3 is 4.57 Å². The molecule has 3 heteroatoms. The Hall–Kier alpha value is -2.91. The van der Waals surface area contributed by atoms with Crippen molar-refractivity contribution in [1.29, 1.82) is 0 Å². The second kappa shape index (κ2) is 6.67. The Morgan fingerprint density at radius 3 is 2.59 bits per heavy atom. The first-order valence-electron chi connectivity index (χ1n) is 9.38. The van der Waals surface area contributed by atoms with E-state index in [0.717, 1.165) is 23.5 Å². The summed E-state index contributed by atoms with van der Waals surface area (Å²) >= 11 is 1.73. The van der Waals surface area contributed by atoms with Gasteiger partial charge in [0.2, 0.25) is 0 Å². The number of aromatic nitrogens is 2. The van der Waals surface area contributed by atoms with Gasteiger partial charge in [0.05, 0.1) is 10.2 Å². The lowest BCUT2D eigenvalue weighted by atomic mass is 10.1. The molecule has 0 spiro atoms. The van der Waals surface area contributed by atoms with E-state index in [1.165, 1.54) is 32.1 Å². The number of rotatable bonds is 4. The van der Waals surface area contributed by atoms with Gasteiger partial charge >= 0.3 is 0 Å². The Morgan fingerprint density at radius 1 is 0.889 bits per heavy atom. The van der Waals surface area contributed by atoms with Crippen LogP contribution in [0.4, 0.5) is 0 Å². The highest BCUT2D eigenvalue weighted by atomic mass is 32.1. The van der Waals surface area contributed by atoms with Crippen molar-refractivity contribution in [2.24, 2.45) is 0 Å². The second-order valence-corrected chi connectivity index (χ2v) is 7.86. The Labute approximate surface area is 162 Å². The minimum absolute atomic E-state index is 1.05. The van der Waals surface area contributed by atoms with Crippen LogP contribution >= 0.6 is 11.3 Å². The van der Waals surface area contributed by atoms with Gasteiger partial charge in [-0.3, -0.25) is 0 Å². The topological polar surface area (TPSA) is 17.8 Å². The first kappa shape index (κ1) is 16.3. The number of hydrogen-bond acceptors (Lipinski definition) is 2. The van der Waals surface area contributed by atoms with Crippen LogP contribution in [0.2, 0.25) is 0 Å². The maximum Gasteiger partial charge on any atom is 0.117 e. The number of aryl methyl sites for hydroxylation is 1. The largest absolute Gasteiger partial charge is 0.340 e. The molecule has 0 saturated carbocycles. The molecule has 132 valence electrons. The molecule has 0 bridgehead atoms. The standard InChI is InChI=1S/C24H20N2S/c1-2-15-26-21-9-5-3-7-18(21)19-16-17(11-13-22(19)26)12-14-24-25-20-8-4-6-10-23(20)27-24/h3-14,16H,2,15H2,1H3/b14-12+. The van der Waals surface area contributed by atoms with Gasteiger partial charge in [0.1, 0.15) is 5.01 Å². The lowest BCUT2D eigenvalue weighted by molar-refractivity contribution is 0.724. The fourth-order valence-corrected chi connectivity index (χ4v) is 4.64. The molecule has 0 aliphatic heterocycles. The van der Waals surface area contributed by atoms with E-state index in [9.17, 15) is 0 Å². The number of para-hydroxylation sites is 2. The van der Waals surface area contributed by atoms with Crippen molar-refractivity contribution < 1.29 is 0 Å². The summed E-state index contributed by atoms with van der Waals surface area (Å²) in [6.45, 7) is 3.28. The van der Waals surface area contributed by atoms with Crippen molar-refractivity contribution in [3.05, 3.63) is 77.3 Å². The maximum atomic E-state index is 4.70. The van der Waals surface area contributed by atoms with Crippen molar-refractivity contribution >= 4 is 55.5 Å². The van der Waals surface area contributed by atoms with Gasteiger partial charge in [0.15, 0.2) is 0 Å². The fraction of sp³-hybridized carbons (Fsp3) is 0.125. The zero-order valence-corrected chi connectivity index (χ0v) is 16.0. The number of thiazole rings is 1. The average molecular weight is 369 g/mol. The molecule has 0 N–H and O–H groups in total. The van der Waals surface area contributed by atoms with E-state index in [2.05, 4.69) is 84.3 Å². The van der Waals surface area contributed by atoms with Crippen molar-refractivity contribution in [3.8, 4) is 0 Å². The molecule has 0 amide bonds. The minimum Gasteiger partial charge on any atom is -0.340 e. The van der Waals surface area contributed by atoms with E-state index in [1.807, 2.05) is 6.07 Å². The first-order chi connectivity index (χ1) is 13.3. The maximum absolute atomic E-state index is 4.70. The number of fused-ring (bicyclic) bond motifs is 4. The summed E-state index contributed by atoms with van der Waals surface area (Å²) in [6, 6.07) is 23.8. The van der Waals surface area contributed by atoms with Crippen molar-refractivity contribution in [2.45, 2.75) is 19.9 Å². The van der Waals surface area contributed by atoms with Gasteiger partial charge in [0, 0.05) is 28.4 Å². The Balaban J connectivity index is 1.59. The molecule has 2 heterocycles. The summed E-state index contributed by atoms with van der Waals surface area (Å²) < 4.78 is 3.67. The van der Waals surface area contributed by atoms with E-state index in [-0.39, 0.29) is 0 Å². The molecule has 2 aromatic heterocycles. The normalized spacial score (nSPS) is 12.0. The quantitative estimate of drug-likeness (QED) is 0.334. The molecule has 27 heavy (non-hydrogen) atoms. The zero-order valence-electron chi connectivity index (χ0n) is 15.2. The Bertz CT molecular complexity index is 1260. The van der Waals surface area contributed by atoms with Crippen molar-refractivity contribution in [2.75, 3.05) is 0 Å². The van der Waals surface area contributed by atoms with Crippen LogP contribution < -0.4 is 0 Å². The van der Waals surface area contributed by atoms with Crippen LogP contribution in [0.3, 0.4) is 0 Å². The molecule has 5 rings (SSSR count). The van der Waals surface area contributed by atoms with Crippen LogP contribution in [0.1, 0.15) is 23.9 Å².